The highest BCUT2D eigenvalue weighted by Gasteiger charge is 2.19. The van der Waals surface area contributed by atoms with Crippen molar-refractivity contribution in [2.75, 3.05) is 6.54 Å². The topological polar surface area (TPSA) is 26.0 Å². The Morgan fingerprint density at radius 1 is 1.22 bits per heavy atom. The fourth-order valence-electron chi connectivity index (χ4n) is 2.71. The average Bonchev–Trinajstić information content (AvgIpc) is 2.27. The Labute approximate surface area is 113 Å². The predicted molar refractivity (Wildman–Crippen MR) is 81.1 cm³/mol. The first-order chi connectivity index (χ1) is 8.40. The summed E-state index contributed by atoms with van der Waals surface area (Å²) in [4.78, 5) is 0. The molecule has 102 valence electrons. The number of nitrogens with two attached hydrogens (primary N) is 1. The molecule has 1 atom stereocenters. The summed E-state index contributed by atoms with van der Waals surface area (Å²) < 4.78 is 0. The van der Waals surface area contributed by atoms with E-state index in [1.807, 2.05) is 0 Å². The van der Waals surface area contributed by atoms with Crippen molar-refractivity contribution in [1.82, 2.24) is 0 Å². The summed E-state index contributed by atoms with van der Waals surface area (Å²) in [5, 5.41) is 0. The molecule has 0 fully saturated rings. The zero-order valence-corrected chi connectivity index (χ0v) is 12.7. The van der Waals surface area contributed by atoms with Gasteiger partial charge in [0.05, 0.1) is 0 Å². The van der Waals surface area contributed by atoms with Crippen LogP contribution >= 0.6 is 0 Å². The molecule has 1 aromatic rings. The molecule has 0 amide bonds. The molecule has 1 aromatic carbocycles. The van der Waals surface area contributed by atoms with Crippen LogP contribution in [-0.4, -0.2) is 6.54 Å². The number of hydrogen-bond acceptors (Lipinski definition) is 1. The molecule has 1 unspecified atom stereocenters. The van der Waals surface area contributed by atoms with Gasteiger partial charge in [-0.25, -0.2) is 0 Å². The van der Waals surface area contributed by atoms with Crippen molar-refractivity contribution in [3.05, 3.63) is 34.9 Å². The van der Waals surface area contributed by atoms with Gasteiger partial charge in [0.2, 0.25) is 0 Å². The molecule has 0 heterocycles. The molecule has 1 heteroatoms. The third-order valence-corrected chi connectivity index (χ3v) is 3.66. The molecule has 0 saturated carbocycles. The summed E-state index contributed by atoms with van der Waals surface area (Å²) in [5.74, 6) is 0.676. The van der Waals surface area contributed by atoms with Crippen molar-refractivity contribution in [3.8, 4) is 0 Å². The molecule has 0 bridgehead atoms. The second kappa shape index (κ2) is 6.38. The van der Waals surface area contributed by atoms with Crippen LogP contribution in [0.4, 0.5) is 0 Å². The minimum absolute atomic E-state index is 0.235. The van der Waals surface area contributed by atoms with Gasteiger partial charge in [0.25, 0.3) is 0 Å². The van der Waals surface area contributed by atoms with Crippen molar-refractivity contribution in [1.29, 1.82) is 0 Å². The van der Waals surface area contributed by atoms with Crippen LogP contribution in [0.2, 0.25) is 0 Å². The lowest BCUT2D eigenvalue weighted by molar-refractivity contribution is 0.532. The van der Waals surface area contributed by atoms with Crippen LogP contribution in [0.1, 0.15) is 57.7 Å². The first-order valence-electron chi connectivity index (χ1n) is 7.21. The highest BCUT2D eigenvalue weighted by atomic mass is 14.5. The molecule has 18 heavy (non-hydrogen) atoms. The van der Waals surface area contributed by atoms with E-state index in [-0.39, 0.29) is 5.41 Å². The summed E-state index contributed by atoms with van der Waals surface area (Å²) >= 11 is 0. The van der Waals surface area contributed by atoms with E-state index >= 15 is 0 Å². The Morgan fingerprint density at radius 2 is 1.89 bits per heavy atom. The predicted octanol–water partition coefficient (Wildman–Crippen LogP) is 4.07. The van der Waals surface area contributed by atoms with E-state index in [1.54, 1.807) is 5.56 Å². The molecular formula is C17H29N. The molecule has 2 N–H and O–H groups in total. The smallest absolute Gasteiger partial charge is 0.00746 e. The largest absolute Gasteiger partial charge is 0.330 e. The van der Waals surface area contributed by atoms with Crippen molar-refractivity contribution >= 4 is 0 Å². The number of rotatable bonds is 5. The van der Waals surface area contributed by atoms with Crippen LogP contribution in [-0.2, 0) is 18.3 Å². The minimum Gasteiger partial charge on any atom is -0.330 e. The Balaban J connectivity index is 3.05. The molecule has 0 spiro atoms. The van der Waals surface area contributed by atoms with Gasteiger partial charge in [0.15, 0.2) is 0 Å². The Kier molecular flexibility index (Phi) is 5.40. The van der Waals surface area contributed by atoms with E-state index in [9.17, 15) is 0 Å². The molecular weight excluding hydrogens is 218 g/mol. The van der Waals surface area contributed by atoms with Gasteiger partial charge >= 0.3 is 0 Å². The van der Waals surface area contributed by atoms with Gasteiger partial charge in [-0.1, -0.05) is 52.8 Å². The fourth-order valence-corrected chi connectivity index (χ4v) is 2.71. The summed E-state index contributed by atoms with van der Waals surface area (Å²) in [6, 6.07) is 6.79. The Hall–Kier alpha value is -0.820. The molecule has 0 aromatic heterocycles. The molecule has 1 rings (SSSR count). The first kappa shape index (κ1) is 15.2. The SMILES string of the molecule is CCc1c(CC(C)CCN)cccc1C(C)(C)C. The molecule has 0 aliphatic rings. The molecule has 1 nitrogen and oxygen atoms in total. The van der Waals surface area contributed by atoms with Crippen molar-refractivity contribution < 1.29 is 0 Å². The highest BCUT2D eigenvalue weighted by Crippen LogP contribution is 2.29. The Morgan fingerprint density at radius 3 is 2.39 bits per heavy atom. The van der Waals surface area contributed by atoms with Crippen LogP contribution in [0.15, 0.2) is 18.2 Å². The van der Waals surface area contributed by atoms with E-state index in [0.29, 0.717) is 5.92 Å². The quantitative estimate of drug-likeness (QED) is 0.834. The highest BCUT2D eigenvalue weighted by molar-refractivity contribution is 5.39. The average molecular weight is 247 g/mol. The van der Waals surface area contributed by atoms with Gasteiger partial charge in [0, 0.05) is 0 Å². The summed E-state index contributed by atoms with van der Waals surface area (Å²) in [6.45, 7) is 12.3. The second-order valence-electron chi connectivity index (χ2n) is 6.43. The third kappa shape index (κ3) is 3.84. The van der Waals surface area contributed by atoms with Crippen LogP contribution in [0.5, 0.6) is 0 Å². The van der Waals surface area contributed by atoms with Gasteiger partial charge in [-0.15, -0.1) is 0 Å². The maximum Gasteiger partial charge on any atom is -0.00746 e. The molecule has 0 radical (unpaired) electrons. The van der Waals surface area contributed by atoms with Gasteiger partial charge in [-0.3, -0.25) is 0 Å². The third-order valence-electron chi connectivity index (χ3n) is 3.66. The summed E-state index contributed by atoms with van der Waals surface area (Å²) in [7, 11) is 0. The lowest BCUT2D eigenvalue weighted by Crippen LogP contribution is -2.16. The first-order valence-corrected chi connectivity index (χ1v) is 7.21. The van der Waals surface area contributed by atoms with Gasteiger partial charge in [-0.2, -0.15) is 0 Å². The van der Waals surface area contributed by atoms with Crippen LogP contribution in [0.3, 0.4) is 0 Å². The summed E-state index contributed by atoms with van der Waals surface area (Å²) in [6.07, 6.45) is 3.39. The lowest BCUT2D eigenvalue weighted by Gasteiger charge is -2.25. The zero-order chi connectivity index (χ0) is 13.8. The van der Waals surface area contributed by atoms with Crippen LogP contribution < -0.4 is 5.73 Å². The second-order valence-corrected chi connectivity index (χ2v) is 6.43. The van der Waals surface area contributed by atoms with Crippen molar-refractivity contribution in [2.45, 2.75) is 59.3 Å². The van der Waals surface area contributed by atoms with Crippen molar-refractivity contribution in [3.63, 3.8) is 0 Å². The van der Waals surface area contributed by atoms with E-state index in [2.05, 4.69) is 52.8 Å². The van der Waals surface area contributed by atoms with E-state index < -0.39 is 0 Å². The van der Waals surface area contributed by atoms with Crippen molar-refractivity contribution in [2.24, 2.45) is 11.7 Å². The maximum absolute atomic E-state index is 5.65. The standard InChI is InChI=1S/C17H29N/c1-6-15-14(12-13(2)10-11-18)8-7-9-16(15)17(3,4)5/h7-9,13H,6,10-12,18H2,1-5H3. The van der Waals surface area contributed by atoms with Crippen LogP contribution in [0.25, 0.3) is 0 Å². The zero-order valence-electron chi connectivity index (χ0n) is 12.7. The van der Waals surface area contributed by atoms with Gasteiger partial charge in [-0.05, 0) is 53.8 Å². The van der Waals surface area contributed by atoms with Crippen LogP contribution in [0, 0.1) is 5.92 Å². The fraction of sp³-hybridized carbons (Fsp3) is 0.647. The monoisotopic (exact) mass is 247 g/mol. The normalized spacial score (nSPS) is 13.7. The molecule has 0 saturated heterocycles. The van der Waals surface area contributed by atoms with Gasteiger partial charge < -0.3 is 5.73 Å². The van der Waals surface area contributed by atoms with Gasteiger partial charge in [0.1, 0.15) is 0 Å². The Bertz CT molecular complexity index is 374. The van der Waals surface area contributed by atoms with E-state index in [0.717, 1.165) is 25.8 Å². The summed E-state index contributed by atoms with van der Waals surface area (Å²) in [5.41, 5.74) is 10.5. The molecule has 0 aliphatic carbocycles. The maximum atomic E-state index is 5.65. The van der Waals surface area contributed by atoms with E-state index in [1.165, 1.54) is 11.1 Å². The number of benzene rings is 1. The molecule has 0 aliphatic heterocycles. The minimum atomic E-state index is 0.235. The lowest BCUT2D eigenvalue weighted by atomic mass is 9.80. The number of hydrogen-bond donors (Lipinski definition) is 1. The van der Waals surface area contributed by atoms with E-state index in [4.69, 9.17) is 5.73 Å².